The molecule has 1 atom stereocenters. The number of phenols is 1. The molecule has 1 aromatic carbocycles. The summed E-state index contributed by atoms with van der Waals surface area (Å²) in [5, 5.41) is 19.0. The van der Waals surface area contributed by atoms with Gasteiger partial charge in [-0.2, -0.15) is 0 Å². The normalized spacial score (nSPS) is 13.4. The van der Waals surface area contributed by atoms with Gasteiger partial charge in [0.25, 0.3) is 0 Å². The zero-order chi connectivity index (χ0) is 15.3. The molecule has 0 radical (unpaired) electrons. The van der Waals surface area contributed by atoms with E-state index in [1.54, 1.807) is 12.1 Å². The molecule has 0 aromatic heterocycles. The standard InChI is InChI=1S/C16H25NO3/c1-5-13(12-8-6-7-9-14(12)18)17(16(2,3)4)11-10-15(19)20/h6-9,13,18H,5,10-11H2,1-4H3,(H,19,20). The predicted octanol–water partition coefficient (Wildman–Crippen LogP) is 3.42. The Bertz CT molecular complexity index is 451. The van der Waals surface area contributed by atoms with E-state index in [2.05, 4.69) is 32.6 Å². The van der Waals surface area contributed by atoms with Crippen molar-refractivity contribution in [1.82, 2.24) is 4.90 Å². The van der Waals surface area contributed by atoms with Gasteiger partial charge in [-0.1, -0.05) is 25.1 Å². The maximum absolute atomic E-state index is 10.9. The molecule has 0 aliphatic heterocycles. The largest absolute Gasteiger partial charge is 0.508 e. The van der Waals surface area contributed by atoms with Crippen LogP contribution in [0.15, 0.2) is 24.3 Å². The molecule has 0 aliphatic rings. The minimum atomic E-state index is -0.800. The van der Waals surface area contributed by atoms with Gasteiger partial charge in [0.15, 0.2) is 0 Å². The quantitative estimate of drug-likeness (QED) is 0.837. The number of rotatable bonds is 6. The Labute approximate surface area is 121 Å². The van der Waals surface area contributed by atoms with Crippen molar-refractivity contribution in [2.75, 3.05) is 6.54 Å². The van der Waals surface area contributed by atoms with E-state index < -0.39 is 5.97 Å². The molecule has 4 nitrogen and oxygen atoms in total. The van der Waals surface area contributed by atoms with Gasteiger partial charge in [-0.15, -0.1) is 0 Å². The van der Waals surface area contributed by atoms with Crippen molar-refractivity contribution in [1.29, 1.82) is 0 Å². The van der Waals surface area contributed by atoms with Crippen molar-refractivity contribution in [2.45, 2.75) is 52.1 Å². The van der Waals surface area contributed by atoms with Crippen molar-refractivity contribution >= 4 is 5.97 Å². The van der Waals surface area contributed by atoms with Crippen LogP contribution in [-0.4, -0.2) is 33.2 Å². The molecule has 0 saturated heterocycles. The van der Waals surface area contributed by atoms with Crippen LogP contribution in [0.2, 0.25) is 0 Å². The van der Waals surface area contributed by atoms with E-state index in [9.17, 15) is 9.90 Å². The minimum absolute atomic E-state index is 0.00977. The Morgan fingerprint density at radius 2 is 1.90 bits per heavy atom. The van der Waals surface area contributed by atoms with Crippen LogP contribution < -0.4 is 0 Å². The van der Waals surface area contributed by atoms with Gasteiger partial charge in [-0.25, -0.2) is 0 Å². The number of para-hydroxylation sites is 1. The summed E-state index contributed by atoms with van der Waals surface area (Å²) in [5.74, 6) is -0.532. The molecule has 0 aliphatic carbocycles. The number of hydrogen-bond acceptors (Lipinski definition) is 3. The maximum atomic E-state index is 10.9. The molecule has 0 heterocycles. The molecule has 1 unspecified atom stereocenters. The summed E-state index contributed by atoms with van der Waals surface area (Å²) in [6, 6.07) is 7.29. The molecule has 2 N–H and O–H groups in total. The van der Waals surface area contributed by atoms with Gasteiger partial charge >= 0.3 is 5.97 Å². The summed E-state index contributed by atoms with van der Waals surface area (Å²) < 4.78 is 0. The lowest BCUT2D eigenvalue weighted by atomic mass is 9.95. The average Bonchev–Trinajstić information content (AvgIpc) is 2.34. The first kappa shape index (κ1) is 16.5. The average molecular weight is 279 g/mol. The summed E-state index contributed by atoms with van der Waals surface area (Å²) in [7, 11) is 0. The number of carboxylic acids is 1. The zero-order valence-electron chi connectivity index (χ0n) is 12.8. The van der Waals surface area contributed by atoms with Gasteiger partial charge in [0, 0.05) is 23.7 Å². The van der Waals surface area contributed by atoms with E-state index >= 15 is 0 Å². The number of benzene rings is 1. The first-order valence-corrected chi connectivity index (χ1v) is 7.03. The van der Waals surface area contributed by atoms with Crippen molar-refractivity contribution in [2.24, 2.45) is 0 Å². The highest BCUT2D eigenvalue weighted by Crippen LogP contribution is 2.35. The molecular formula is C16H25NO3. The molecule has 0 saturated carbocycles. The molecule has 1 rings (SSSR count). The number of phenolic OH excluding ortho intramolecular Hbond substituents is 1. The van der Waals surface area contributed by atoms with E-state index in [1.165, 1.54) is 0 Å². The second-order valence-corrected chi connectivity index (χ2v) is 5.99. The fourth-order valence-electron chi connectivity index (χ4n) is 2.55. The van der Waals surface area contributed by atoms with E-state index in [4.69, 9.17) is 5.11 Å². The number of carbonyl (C=O) groups is 1. The van der Waals surface area contributed by atoms with E-state index in [-0.39, 0.29) is 23.8 Å². The van der Waals surface area contributed by atoms with Crippen LogP contribution in [0.1, 0.15) is 52.1 Å². The first-order chi connectivity index (χ1) is 9.27. The van der Waals surface area contributed by atoms with Crippen LogP contribution in [-0.2, 0) is 4.79 Å². The highest BCUT2D eigenvalue weighted by Gasteiger charge is 2.30. The monoisotopic (exact) mass is 279 g/mol. The third-order valence-corrected chi connectivity index (χ3v) is 3.49. The van der Waals surface area contributed by atoms with Crippen molar-refractivity contribution < 1.29 is 15.0 Å². The summed E-state index contributed by atoms with van der Waals surface area (Å²) in [4.78, 5) is 13.0. The van der Waals surface area contributed by atoms with Crippen molar-refractivity contribution in [3.8, 4) is 5.75 Å². The minimum Gasteiger partial charge on any atom is -0.508 e. The number of hydrogen-bond donors (Lipinski definition) is 2. The molecule has 4 heteroatoms. The van der Waals surface area contributed by atoms with Gasteiger partial charge in [0.1, 0.15) is 5.75 Å². The molecule has 20 heavy (non-hydrogen) atoms. The van der Waals surface area contributed by atoms with Crippen LogP contribution >= 0.6 is 0 Å². The van der Waals surface area contributed by atoms with Gasteiger partial charge in [0.05, 0.1) is 6.42 Å². The molecule has 0 bridgehead atoms. The molecule has 0 amide bonds. The highest BCUT2D eigenvalue weighted by molar-refractivity contribution is 5.66. The second kappa shape index (κ2) is 6.75. The Kier molecular flexibility index (Phi) is 5.57. The first-order valence-electron chi connectivity index (χ1n) is 7.03. The second-order valence-electron chi connectivity index (χ2n) is 5.99. The Morgan fingerprint density at radius 3 is 2.35 bits per heavy atom. The zero-order valence-corrected chi connectivity index (χ0v) is 12.8. The maximum Gasteiger partial charge on any atom is 0.304 e. The predicted molar refractivity (Wildman–Crippen MR) is 79.9 cm³/mol. The van der Waals surface area contributed by atoms with E-state index in [0.29, 0.717) is 6.54 Å². The molecule has 0 fully saturated rings. The van der Waals surface area contributed by atoms with Crippen molar-refractivity contribution in [3.05, 3.63) is 29.8 Å². The number of aliphatic carboxylic acids is 1. The van der Waals surface area contributed by atoms with Crippen LogP contribution in [0.25, 0.3) is 0 Å². The van der Waals surface area contributed by atoms with Crippen LogP contribution in [0.3, 0.4) is 0 Å². The van der Waals surface area contributed by atoms with Gasteiger partial charge in [0.2, 0.25) is 0 Å². The summed E-state index contributed by atoms with van der Waals surface area (Å²) >= 11 is 0. The molecule has 0 spiro atoms. The van der Waals surface area contributed by atoms with Crippen LogP contribution in [0.4, 0.5) is 0 Å². The fraction of sp³-hybridized carbons (Fsp3) is 0.562. The number of aromatic hydroxyl groups is 1. The highest BCUT2D eigenvalue weighted by atomic mass is 16.4. The van der Waals surface area contributed by atoms with Crippen LogP contribution in [0.5, 0.6) is 5.75 Å². The Hall–Kier alpha value is -1.55. The molecule has 1 aromatic rings. The van der Waals surface area contributed by atoms with Gasteiger partial charge in [-0.05, 0) is 33.3 Å². The lowest BCUT2D eigenvalue weighted by Gasteiger charge is -2.41. The van der Waals surface area contributed by atoms with E-state index in [1.807, 2.05) is 12.1 Å². The Morgan fingerprint density at radius 1 is 1.30 bits per heavy atom. The third-order valence-electron chi connectivity index (χ3n) is 3.49. The molecular weight excluding hydrogens is 254 g/mol. The number of carboxylic acid groups (broad SMARTS) is 1. The summed E-state index contributed by atoms with van der Waals surface area (Å²) in [6.07, 6.45) is 0.913. The van der Waals surface area contributed by atoms with Gasteiger partial charge < -0.3 is 10.2 Å². The van der Waals surface area contributed by atoms with Crippen LogP contribution in [0, 0.1) is 0 Å². The molecule has 112 valence electrons. The van der Waals surface area contributed by atoms with Crippen molar-refractivity contribution in [3.63, 3.8) is 0 Å². The third kappa shape index (κ3) is 4.23. The lowest BCUT2D eigenvalue weighted by Crippen LogP contribution is -2.44. The lowest BCUT2D eigenvalue weighted by molar-refractivity contribution is -0.137. The SMILES string of the molecule is CCC(c1ccccc1O)N(CCC(=O)O)C(C)(C)C. The smallest absolute Gasteiger partial charge is 0.304 e. The van der Waals surface area contributed by atoms with E-state index in [0.717, 1.165) is 12.0 Å². The Balaban J connectivity index is 3.08. The fourth-order valence-corrected chi connectivity index (χ4v) is 2.55. The topological polar surface area (TPSA) is 60.8 Å². The summed E-state index contributed by atoms with van der Waals surface area (Å²) in [5.41, 5.74) is 0.689. The van der Waals surface area contributed by atoms with Gasteiger partial charge in [-0.3, -0.25) is 9.69 Å². The number of nitrogens with zero attached hydrogens (tertiary/aromatic N) is 1. The summed E-state index contributed by atoms with van der Waals surface area (Å²) in [6.45, 7) is 8.72.